The van der Waals surface area contributed by atoms with Crippen molar-refractivity contribution in [3.63, 3.8) is 0 Å². The Morgan fingerprint density at radius 3 is 2.50 bits per heavy atom. The van der Waals surface area contributed by atoms with Crippen molar-refractivity contribution in [1.29, 1.82) is 0 Å². The maximum atomic E-state index is 12.3. The van der Waals surface area contributed by atoms with Crippen LogP contribution < -0.4 is 10.1 Å². The number of amides is 1. The van der Waals surface area contributed by atoms with Crippen LogP contribution in [0.1, 0.15) is 30.2 Å². The molecular weight excluding hydrogens is 380 g/mol. The van der Waals surface area contributed by atoms with Gasteiger partial charge in [0.1, 0.15) is 5.75 Å². The van der Waals surface area contributed by atoms with E-state index in [1.165, 1.54) is 5.56 Å². The molecule has 0 bridgehead atoms. The quantitative estimate of drug-likeness (QED) is 0.669. The summed E-state index contributed by atoms with van der Waals surface area (Å²) in [6.45, 7) is 4.07. The third kappa shape index (κ3) is 4.86. The van der Waals surface area contributed by atoms with E-state index in [1.807, 2.05) is 48.5 Å². The molecule has 1 amide bonds. The Morgan fingerprint density at radius 1 is 1.13 bits per heavy atom. The first kappa shape index (κ1) is 20.1. The molecule has 1 aliphatic heterocycles. The van der Waals surface area contributed by atoms with Crippen molar-refractivity contribution < 1.29 is 14.1 Å². The summed E-state index contributed by atoms with van der Waals surface area (Å²) in [6.07, 6.45) is 1.79. The predicted molar refractivity (Wildman–Crippen MR) is 115 cm³/mol. The summed E-state index contributed by atoms with van der Waals surface area (Å²) in [4.78, 5) is 19.1. The van der Waals surface area contributed by atoms with Crippen molar-refractivity contribution in [2.24, 2.45) is 0 Å². The molecule has 2 aromatic carbocycles. The predicted octanol–water partition coefficient (Wildman–Crippen LogP) is 3.87. The van der Waals surface area contributed by atoms with E-state index in [1.54, 1.807) is 7.11 Å². The highest BCUT2D eigenvalue weighted by molar-refractivity contribution is 5.92. The van der Waals surface area contributed by atoms with Gasteiger partial charge in [-0.2, -0.15) is 4.98 Å². The molecule has 0 saturated carbocycles. The number of hydrogen-bond donors (Lipinski definition) is 1. The van der Waals surface area contributed by atoms with Crippen molar-refractivity contribution in [2.75, 3.05) is 32.1 Å². The highest BCUT2D eigenvalue weighted by atomic mass is 16.5. The number of likely N-dealkylation sites (tertiary alicyclic amines) is 1. The minimum atomic E-state index is -0.0157. The number of piperidine rings is 1. The van der Waals surface area contributed by atoms with Crippen LogP contribution in [-0.2, 0) is 4.79 Å². The van der Waals surface area contributed by atoms with E-state index in [0.717, 1.165) is 42.9 Å². The zero-order valence-corrected chi connectivity index (χ0v) is 17.3. The number of benzene rings is 2. The number of aryl methyl sites for hydroxylation is 1. The first-order valence-corrected chi connectivity index (χ1v) is 10.2. The lowest BCUT2D eigenvalue weighted by Crippen LogP contribution is -2.38. The molecule has 0 radical (unpaired) electrons. The van der Waals surface area contributed by atoms with E-state index in [9.17, 15) is 4.79 Å². The summed E-state index contributed by atoms with van der Waals surface area (Å²) in [5.41, 5.74) is 2.93. The summed E-state index contributed by atoms with van der Waals surface area (Å²) in [7, 11) is 1.62. The van der Waals surface area contributed by atoms with Gasteiger partial charge in [0.2, 0.25) is 17.6 Å². The van der Waals surface area contributed by atoms with E-state index in [2.05, 4.69) is 27.3 Å². The summed E-state index contributed by atoms with van der Waals surface area (Å²) < 4.78 is 10.7. The fraction of sp³-hybridized carbons (Fsp3) is 0.348. The zero-order chi connectivity index (χ0) is 20.9. The minimum absolute atomic E-state index is 0.0157. The van der Waals surface area contributed by atoms with Gasteiger partial charge in [0.05, 0.1) is 13.7 Å². The smallest absolute Gasteiger partial charge is 0.238 e. The molecule has 7 heteroatoms. The standard InChI is InChI=1S/C23H26N4O3/c1-16-3-5-17(6-4-16)22-25-23(30-26-22)18-11-13-27(14-12-18)15-21(28)24-19-7-9-20(29-2)10-8-19/h3-10,18H,11-15H2,1-2H3,(H,24,28). The molecule has 1 N–H and O–H groups in total. The van der Waals surface area contributed by atoms with Crippen LogP contribution in [0.2, 0.25) is 0 Å². The largest absolute Gasteiger partial charge is 0.497 e. The molecule has 7 nitrogen and oxygen atoms in total. The van der Waals surface area contributed by atoms with Crippen LogP contribution in [0.3, 0.4) is 0 Å². The molecule has 1 fully saturated rings. The number of methoxy groups -OCH3 is 1. The Labute approximate surface area is 176 Å². The number of nitrogens with one attached hydrogen (secondary N) is 1. The molecule has 2 heterocycles. The van der Waals surface area contributed by atoms with E-state index < -0.39 is 0 Å². The molecule has 1 aromatic heterocycles. The summed E-state index contributed by atoms with van der Waals surface area (Å²) >= 11 is 0. The number of rotatable bonds is 6. The van der Waals surface area contributed by atoms with Crippen LogP contribution in [0.5, 0.6) is 5.75 Å². The van der Waals surface area contributed by atoms with Gasteiger partial charge in [-0.3, -0.25) is 9.69 Å². The zero-order valence-electron chi connectivity index (χ0n) is 17.3. The first-order valence-electron chi connectivity index (χ1n) is 10.2. The van der Waals surface area contributed by atoms with Crippen LogP contribution in [-0.4, -0.2) is 47.7 Å². The molecule has 1 aliphatic rings. The molecule has 0 aliphatic carbocycles. The Balaban J connectivity index is 1.27. The Morgan fingerprint density at radius 2 is 1.83 bits per heavy atom. The van der Waals surface area contributed by atoms with Gasteiger partial charge in [0.15, 0.2) is 0 Å². The minimum Gasteiger partial charge on any atom is -0.497 e. The van der Waals surface area contributed by atoms with Gasteiger partial charge in [0, 0.05) is 17.2 Å². The third-order valence-electron chi connectivity index (χ3n) is 5.43. The maximum Gasteiger partial charge on any atom is 0.238 e. The highest BCUT2D eigenvalue weighted by Gasteiger charge is 2.26. The first-order chi connectivity index (χ1) is 14.6. The third-order valence-corrected chi connectivity index (χ3v) is 5.43. The molecule has 0 unspecified atom stereocenters. The lowest BCUT2D eigenvalue weighted by Gasteiger charge is -2.29. The van der Waals surface area contributed by atoms with E-state index in [0.29, 0.717) is 18.3 Å². The van der Waals surface area contributed by atoms with Crippen molar-refractivity contribution in [2.45, 2.75) is 25.7 Å². The Hall–Kier alpha value is -3.19. The van der Waals surface area contributed by atoms with E-state index in [-0.39, 0.29) is 11.8 Å². The highest BCUT2D eigenvalue weighted by Crippen LogP contribution is 2.28. The van der Waals surface area contributed by atoms with Gasteiger partial charge < -0.3 is 14.6 Å². The molecule has 3 aromatic rings. The molecule has 0 atom stereocenters. The SMILES string of the molecule is COc1ccc(NC(=O)CN2CCC(c3nc(-c4ccc(C)cc4)no3)CC2)cc1. The molecule has 30 heavy (non-hydrogen) atoms. The number of ether oxygens (including phenoxy) is 1. The average molecular weight is 406 g/mol. The molecule has 1 saturated heterocycles. The monoisotopic (exact) mass is 406 g/mol. The van der Waals surface area contributed by atoms with Crippen LogP contribution in [0.15, 0.2) is 53.1 Å². The van der Waals surface area contributed by atoms with Gasteiger partial charge >= 0.3 is 0 Å². The van der Waals surface area contributed by atoms with Gasteiger partial charge in [-0.25, -0.2) is 0 Å². The Bertz CT molecular complexity index is 974. The second-order valence-electron chi connectivity index (χ2n) is 7.65. The number of aromatic nitrogens is 2. The number of carbonyl (C=O) groups is 1. The fourth-order valence-electron chi connectivity index (χ4n) is 3.64. The molecular formula is C23H26N4O3. The van der Waals surface area contributed by atoms with Crippen LogP contribution in [0.25, 0.3) is 11.4 Å². The number of carbonyl (C=O) groups excluding carboxylic acids is 1. The number of nitrogens with zero attached hydrogens (tertiary/aromatic N) is 3. The van der Waals surface area contributed by atoms with Crippen molar-refractivity contribution >= 4 is 11.6 Å². The van der Waals surface area contributed by atoms with Crippen LogP contribution in [0.4, 0.5) is 5.69 Å². The number of hydrogen-bond acceptors (Lipinski definition) is 6. The van der Waals surface area contributed by atoms with Gasteiger partial charge in [-0.05, 0) is 57.1 Å². The second kappa shape index (κ2) is 9.09. The Kier molecular flexibility index (Phi) is 6.09. The van der Waals surface area contributed by atoms with Gasteiger partial charge in [0.25, 0.3) is 0 Å². The van der Waals surface area contributed by atoms with E-state index in [4.69, 9.17) is 9.26 Å². The topological polar surface area (TPSA) is 80.5 Å². The maximum absolute atomic E-state index is 12.3. The summed E-state index contributed by atoms with van der Waals surface area (Å²) in [5, 5.41) is 7.08. The molecule has 0 spiro atoms. The average Bonchev–Trinajstić information content (AvgIpc) is 3.25. The number of anilines is 1. The second-order valence-corrected chi connectivity index (χ2v) is 7.65. The van der Waals surface area contributed by atoms with Gasteiger partial charge in [-0.15, -0.1) is 0 Å². The lowest BCUT2D eigenvalue weighted by molar-refractivity contribution is -0.117. The van der Waals surface area contributed by atoms with Crippen molar-refractivity contribution in [1.82, 2.24) is 15.0 Å². The normalized spacial score (nSPS) is 15.1. The van der Waals surface area contributed by atoms with Gasteiger partial charge in [-0.1, -0.05) is 35.0 Å². The van der Waals surface area contributed by atoms with Crippen molar-refractivity contribution in [3.8, 4) is 17.1 Å². The van der Waals surface area contributed by atoms with Crippen LogP contribution in [0, 0.1) is 6.92 Å². The fourth-order valence-corrected chi connectivity index (χ4v) is 3.64. The lowest BCUT2D eigenvalue weighted by atomic mass is 9.97. The van der Waals surface area contributed by atoms with Crippen LogP contribution >= 0.6 is 0 Å². The molecule has 4 rings (SSSR count). The summed E-state index contributed by atoms with van der Waals surface area (Å²) in [5.74, 6) is 2.30. The summed E-state index contributed by atoms with van der Waals surface area (Å²) in [6, 6.07) is 15.4. The van der Waals surface area contributed by atoms with Crippen molar-refractivity contribution in [3.05, 3.63) is 60.0 Å². The van der Waals surface area contributed by atoms with E-state index >= 15 is 0 Å². The molecule has 156 valence electrons.